The molecule has 10 heteroatoms. The van der Waals surface area contributed by atoms with Crippen LogP contribution in [0.25, 0.3) is 45.1 Å². The van der Waals surface area contributed by atoms with E-state index in [-0.39, 0.29) is 35.1 Å². The minimum Gasteiger partial charge on any atom is -0.433 e. The lowest BCUT2D eigenvalue weighted by Gasteiger charge is -2.27. The van der Waals surface area contributed by atoms with Gasteiger partial charge in [-0.3, -0.25) is 4.90 Å². The first-order valence-corrected chi connectivity index (χ1v) is 12.7. The van der Waals surface area contributed by atoms with E-state index in [1.807, 2.05) is 11.0 Å². The van der Waals surface area contributed by atoms with Gasteiger partial charge in [-0.15, -0.1) is 10.2 Å². The van der Waals surface area contributed by atoms with E-state index >= 15 is 8.78 Å². The first kappa shape index (κ1) is 25.3. The third-order valence-corrected chi connectivity index (χ3v) is 7.42. The highest BCUT2D eigenvalue weighted by Gasteiger charge is 2.30. The van der Waals surface area contributed by atoms with Gasteiger partial charge in [-0.05, 0) is 67.8 Å². The summed E-state index contributed by atoms with van der Waals surface area (Å²) in [6.07, 6.45) is 3.47. The Labute approximate surface area is 222 Å². The van der Waals surface area contributed by atoms with Crippen LogP contribution in [0.15, 0.2) is 59.3 Å². The predicted molar refractivity (Wildman–Crippen MR) is 140 cm³/mol. The molecule has 1 fully saturated rings. The Morgan fingerprint density at radius 3 is 2.59 bits per heavy atom. The molecule has 0 amide bonds. The second-order valence-electron chi connectivity index (χ2n) is 10.0. The number of hydrogen-bond acceptors (Lipinski definition) is 6. The van der Waals surface area contributed by atoms with Crippen molar-refractivity contribution in [3.63, 3.8) is 0 Å². The number of rotatable bonds is 6. The number of aryl methyl sites for hydroxylation is 1. The van der Waals surface area contributed by atoms with E-state index in [2.05, 4.69) is 15.2 Å². The Bertz CT molecular complexity index is 1680. The highest BCUT2D eigenvalue weighted by molar-refractivity contribution is 5.83. The number of benzene rings is 3. The van der Waals surface area contributed by atoms with Gasteiger partial charge >= 0.3 is 0 Å². The van der Waals surface area contributed by atoms with E-state index in [0.29, 0.717) is 28.9 Å². The van der Waals surface area contributed by atoms with E-state index < -0.39 is 23.6 Å². The van der Waals surface area contributed by atoms with Gasteiger partial charge in [0.05, 0.1) is 6.10 Å². The molecular weight excluding hydrogens is 507 g/mol. The lowest BCUT2D eigenvalue weighted by Crippen LogP contribution is -2.37. The standard InChI is InChI=1S/C29H26F3N5O2/c1-36(23-7-4-8-24(23)38)14-18-12-22-27(26(32)25(18)31)39-29(34-22)17-6-3-5-16(11-17)20-10-9-19(30)13-21(20)28-35-33-15-37(28)2/h3,5-6,9-13,15,23-24,38H,4,7-8,14H2,1-2H3/t23-,24+/m1/s1. The fraction of sp³-hybridized carbons (Fsp3) is 0.276. The monoisotopic (exact) mass is 533 g/mol. The summed E-state index contributed by atoms with van der Waals surface area (Å²) >= 11 is 0. The molecule has 0 radical (unpaired) electrons. The van der Waals surface area contributed by atoms with Crippen molar-refractivity contribution in [2.75, 3.05) is 7.05 Å². The van der Waals surface area contributed by atoms with Crippen molar-refractivity contribution in [1.82, 2.24) is 24.6 Å². The second-order valence-corrected chi connectivity index (χ2v) is 10.0. The highest BCUT2D eigenvalue weighted by atomic mass is 19.2. The fourth-order valence-electron chi connectivity index (χ4n) is 5.42. The Hall–Kier alpha value is -4.02. The molecule has 6 rings (SSSR count). The molecule has 0 saturated heterocycles. The van der Waals surface area contributed by atoms with Gasteiger partial charge in [0.15, 0.2) is 17.2 Å². The number of aliphatic hydroxyl groups is 1. The predicted octanol–water partition coefficient (Wildman–Crippen LogP) is 5.72. The van der Waals surface area contributed by atoms with Crippen LogP contribution in [0.5, 0.6) is 0 Å². The van der Waals surface area contributed by atoms with Crippen LogP contribution >= 0.6 is 0 Å². The van der Waals surface area contributed by atoms with Gasteiger partial charge in [0.25, 0.3) is 0 Å². The van der Waals surface area contributed by atoms with E-state index in [1.54, 1.807) is 42.9 Å². The number of fused-ring (bicyclic) bond motifs is 1. The molecule has 0 bridgehead atoms. The van der Waals surface area contributed by atoms with E-state index in [4.69, 9.17) is 4.42 Å². The molecule has 3 aromatic carbocycles. The second kappa shape index (κ2) is 9.94. The first-order chi connectivity index (χ1) is 18.8. The summed E-state index contributed by atoms with van der Waals surface area (Å²) in [5.74, 6) is -1.87. The summed E-state index contributed by atoms with van der Waals surface area (Å²) in [4.78, 5) is 6.32. The average Bonchev–Trinajstić information content (AvgIpc) is 3.67. The van der Waals surface area contributed by atoms with Crippen LogP contribution in [0.1, 0.15) is 24.8 Å². The Balaban J connectivity index is 1.37. The van der Waals surface area contributed by atoms with Crippen LogP contribution in [0, 0.1) is 17.5 Å². The molecule has 0 unspecified atom stereocenters. The summed E-state index contributed by atoms with van der Waals surface area (Å²) in [7, 11) is 3.57. The molecule has 2 atom stereocenters. The molecule has 0 spiro atoms. The molecule has 0 aliphatic heterocycles. The number of halogens is 3. The van der Waals surface area contributed by atoms with Gasteiger partial charge in [0.1, 0.15) is 17.7 Å². The molecule has 1 aliphatic rings. The minimum absolute atomic E-state index is 0.100. The van der Waals surface area contributed by atoms with Crippen LogP contribution in [0.3, 0.4) is 0 Å². The van der Waals surface area contributed by atoms with E-state index in [1.165, 1.54) is 24.5 Å². The molecule has 39 heavy (non-hydrogen) atoms. The first-order valence-electron chi connectivity index (χ1n) is 12.7. The van der Waals surface area contributed by atoms with Gasteiger partial charge in [0.2, 0.25) is 11.7 Å². The van der Waals surface area contributed by atoms with Crippen molar-refractivity contribution in [1.29, 1.82) is 0 Å². The quantitative estimate of drug-likeness (QED) is 0.301. The van der Waals surface area contributed by atoms with Crippen molar-refractivity contribution in [2.24, 2.45) is 7.05 Å². The molecule has 7 nitrogen and oxygen atoms in total. The third-order valence-electron chi connectivity index (χ3n) is 7.42. The lowest BCUT2D eigenvalue weighted by atomic mass is 9.97. The van der Waals surface area contributed by atoms with Gasteiger partial charge in [-0.25, -0.2) is 13.8 Å². The van der Waals surface area contributed by atoms with Gasteiger partial charge in [-0.1, -0.05) is 18.2 Å². The van der Waals surface area contributed by atoms with Crippen molar-refractivity contribution in [3.05, 3.63) is 77.9 Å². The minimum atomic E-state index is -1.10. The third kappa shape index (κ3) is 4.59. The van der Waals surface area contributed by atoms with Crippen LogP contribution in [-0.4, -0.2) is 48.9 Å². The number of hydrogen-bond donors (Lipinski definition) is 1. The number of aliphatic hydroxyl groups excluding tert-OH is 1. The summed E-state index contributed by atoms with van der Waals surface area (Å²) in [5, 5.41) is 18.2. The zero-order chi connectivity index (χ0) is 27.3. The van der Waals surface area contributed by atoms with Gasteiger partial charge < -0.3 is 14.1 Å². The smallest absolute Gasteiger partial charge is 0.227 e. The van der Waals surface area contributed by atoms with Gasteiger partial charge in [0, 0.05) is 36.3 Å². The summed E-state index contributed by atoms with van der Waals surface area (Å²) in [6.45, 7) is 0.132. The number of nitrogens with zero attached hydrogens (tertiary/aromatic N) is 5. The zero-order valence-electron chi connectivity index (χ0n) is 21.4. The van der Waals surface area contributed by atoms with Crippen LogP contribution in [0.4, 0.5) is 13.2 Å². The maximum atomic E-state index is 15.1. The van der Waals surface area contributed by atoms with Crippen LogP contribution in [0.2, 0.25) is 0 Å². The Kier molecular flexibility index (Phi) is 6.44. The zero-order valence-corrected chi connectivity index (χ0v) is 21.4. The van der Waals surface area contributed by atoms with Gasteiger partial charge in [-0.2, -0.15) is 4.39 Å². The van der Waals surface area contributed by atoms with Crippen molar-refractivity contribution in [2.45, 2.75) is 38.0 Å². The molecule has 5 aromatic rings. The van der Waals surface area contributed by atoms with Crippen molar-refractivity contribution < 1.29 is 22.7 Å². The SMILES string of the molecule is CN(Cc1cc2nc(-c3cccc(-c4ccc(F)cc4-c4nncn4C)c3)oc2c(F)c1F)[C@@H]1CCC[C@@H]1O. The molecule has 1 saturated carbocycles. The number of oxazole rings is 1. The van der Waals surface area contributed by atoms with Crippen LogP contribution < -0.4 is 0 Å². The maximum absolute atomic E-state index is 15.1. The largest absolute Gasteiger partial charge is 0.433 e. The number of aromatic nitrogens is 4. The summed E-state index contributed by atoms with van der Waals surface area (Å²) in [6, 6.07) is 13.0. The summed E-state index contributed by atoms with van der Waals surface area (Å²) < 4.78 is 51.7. The molecule has 1 aliphatic carbocycles. The number of likely N-dealkylation sites (N-methyl/N-ethyl adjacent to an activating group) is 1. The Morgan fingerprint density at radius 1 is 1.03 bits per heavy atom. The van der Waals surface area contributed by atoms with E-state index in [9.17, 15) is 9.50 Å². The van der Waals surface area contributed by atoms with Crippen molar-refractivity contribution >= 4 is 11.1 Å². The normalized spacial score (nSPS) is 17.5. The maximum Gasteiger partial charge on any atom is 0.227 e. The molecule has 2 heterocycles. The van der Waals surface area contributed by atoms with Crippen molar-refractivity contribution in [3.8, 4) is 34.0 Å². The lowest BCUT2D eigenvalue weighted by molar-refractivity contribution is 0.0818. The average molecular weight is 534 g/mol. The Morgan fingerprint density at radius 2 is 1.85 bits per heavy atom. The molecule has 2 aromatic heterocycles. The topological polar surface area (TPSA) is 80.2 Å². The fourth-order valence-corrected chi connectivity index (χ4v) is 5.42. The van der Waals surface area contributed by atoms with Crippen LogP contribution in [-0.2, 0) is 13.6 Å². The summed E-state index contributed by atoms with van der Waals surface area (Å²) in [5.41, 5.74) is 2.63. The molecule has 200 valence electrons. The molecule has 1 N–H and O–H groups in total. The van der Waals surface area contributed by atoms with E-state index in [0.717, 1.165) is 18.4 Å². The highest BCUT2D eigenvalue weighted by Crippen LogP contribution is 2.35. The molecular formula is C29H26F3N5O2.